The number of carbonyl (C=O) groups excluding carboxylic acids is 1. The van der Waals surface area contributed by atoms with Crippen LogP contribution < -0.4 is 15.0 Å². The molecule has 0 bridgehead atoms. The quantitative estimate of drug-likeness (QED) is 0.804. The molecule has 1 unspecified atom stereocenters. The monoisotopic (exact) mass is 384 g/mol. The number of rotatable bonds is 6. The summed E-state index contributed by atoms with van der Waals surface area (Å²) in [6, 6.07) is 10.2. The number of nitriles is 1. The van der Waals surface area contributed by atoms with Gasteiger partial charge in [-0.3, -0.25) is 4.79 Å². The van der Waals surface area contributed by atoms with E-state index < -0.39 is 0 Å². The maximum Gasteiger partial charge on any atom is 0.280 e. The second kappa shape index (κ2) is 8.55. The van der Waals surface area contributed by atoms with Gasteiger partial charge < -0.3 is 15.0 Å². The molecule has 2 N–H and O–H groups in total. The molecule has 0 fully saturated rings. The number of quaternary nitrogens is 1. The van der Waals surface area contributed by atoms with E-state index in [2.05, 4.69) is 18.3 Å². The maximum atomic E-state index is 12.5. The standard InChI is InChI=1S/C21H25N3O2S/c1-14-4-9-17-18(11-22)21(27-19(17)10-14)23-20(25)13-24(2)12-15-5-7-16(26-3)8-6-15/h5-8,14H,4,9-10,12-13H2,1-3H3,(H,23,25)/p+1/t14-/m0/s1. The van der Waals surface area contributed by atoms with Crippen molar-refractivity contribution in [1.82, 2.24) is 0 Å². The van der Waals surface area contributed by atoms with Crippen molar-refractivity contribution in [3.8, 4) is 11.8 Å². The summed E-state index contributed by atoms with van der Waals surface area (Å²) < 4.78 is 5.17. The number of carbonyl (C=O) groups is 1. The van der Waals surface area contributed by atoms with Crippen molar-refractivity contribution in [2.24, 2.45) is 5.92 Å². The second-order valence-corrected chi connectivity index (χ2v) is 8.48. The summed E-state index contributed by atoms with van der Waals surface area (Å²) in [6.07, 6.45) is 3.06. The van der Waals surface area contributed by atoms with Gasteiger partial charge in [-0.1, -0.05) is 6.92 Å². The molecule has 5 nitrogen and oxygen atoms in total. The highest BCUT2D eigenvalue weighted by Crippen LogP contribution is 2.39. The molecule has 0 saturated heterocycles. The number of fused-ring (bicyclic) bond motifs is 1. The third-order valence-electron chi connectivity index (χ3n) is 5.00. The Balaban J connectivity index is 1.61. The van der Waals surface area contributed by atoms with Crippen LogP contribution in [0.3, 0.4) is 0 Å². The molecule has 1 aliphatic rings. The van der Waals surface area contributed by atoms with Gasteiger partial charge in [0.05, 0.1) is 19.7 Å². The molecule has 1 amide bonds. The van der Waals surface area contributed by atoms with Crippen LogP contribution in [0, 0.1) is 17.2 Å². The van der Waals surface area contributed by atoms with Crippen LogP contribution in [0.4, 0.5) is 5.00 Å². The SMILES string of the molecule is COc1ccc(C[NH+](C)CC(=O)Nc2sc3c(c2C#N)CC[C@H](C)C3)cc1. The van der Waals surface area contributed by atoms with Gasteiger partial charge in [0.1, 0.15) is 23.4 Å². The first-order valence-corrected chi connectivity index (χ1v) is 10.1. The van der Waals surface area contributed by atoms with Crippen LogP contribution >= 0.6 is 11.3 Å². The molecule has 2 atom stereocenters. The van der Waals surface area contributed by atoms with E-state index in [1.165, 1.54) is 4.88 Å². The number of likely N-dealkylation sites (N-methyl/N-ethyl adjacent to an activating group) is 1. The van der Waals surface area contributed by atoms with Crippen molar-refractivity contribution in [1.29, 1.82) is 5.26 Å². The van der Waals surface area contributed by atoms with Gasteiger partial charge in [-0.25, -0.2) is 0 Å². The normalized spacial score (nSPS) is 16.9. The van der Waals surface area contributed by atoms with Crippen LogP contribution in [-0.4, -0.2) is 26.6 Å². The van der Waals surface area contributed by atoms with E-state index in [9.17, 15) is 10.1 Å². The lowest BCUT2D eigenvalue weighted by molar-refractivity contribution is -0.885. The smallest absolute Gasteiger partial charge is 0.280 e. The number of thiophene rings is 1. The number of hydrogen-bond donors (Lipinski definition) is 2. The predicted octanol–water partition coefficient (Wildman–Crippen LogP) is 2.41. The number of hydrogen-bond acceptors (Lipinski definition) is 4. The van der Waals surface area contributed by atoms with Crippen molar-refractivity contribution < 1.29 is 14.4 Å². The van der Waals surface area contributed by atoms with Crippen molar-refractivity contribution >= 4 is 22.2 Å². The van der Waals surface area contributed by atoms with Gasteiger partial charge in [0.25, 0.3) is 5.91 Å². The van der Waals surface area contributed by atoms with Gasteiger partial charge in [0.15, 0.2) is 6.54 Å². The van der Waals surface area contributed by atoms with E-state index in [-0.39, 0.29) is 5.91 Å². The fourth-order valence-corrected chi connectivity index (χ4v) is 4.93. The number of benzene rings is 1. The van der Waals surface area contributed by atoms with Crippen molar-refractivity contribution in [2.75, 3.05) is 26.0 Å². The molecule has 0 saturated carbocycles. The van der Waals surface area contributed by atoms with E-state index in [4.69, 9.17) is 4.74 Å². The minimum Gasteiger partial charge on any atom is -0.497 e. The van der Waals surface area contributed by atoms with Crippen molar-refractivity contribution in [3.63, 3.8) is 0 Å². The van der Waals surface area contributed by atoms with Gasteiger partial charge in [-0.15, -0.1) is 11.3 Å². The summed E-state index contributed by atoms with van der Waals surface area (Å²) in [5.41, 5.74) is 2.97. The molecule has 1 aliphatic carbocycles. The molecule has 1 aromatic heterocycles. The lowest BCUT2D eigenvalue weighted by Crippen LogP contribution is -3.08. The Morgan fingerprint density at radius 2 is 2.15 bits per heavy atom. The summed E-state index contributed by atoms with van der Waals surface area (Å²) >= 11 is 1.58. The second-order valence-electron chi connectivity index (χ2n) is 7.37. The van der Waals surface area contributed by atoms with Gasteiger partial charge >= 0.3 is 0 Å². The molecule has 0 spiro atoms. The fourth-order valence-electron chi connectivity index (χ4n) is 3.56. The summed E-state index contributed by atoms with van der Waals surface area (Å²) in [5, 5.41) is 13.3. The highest BCUT2D eigenvalue weighted by molar-refractivity contribution is 7.16. The zero-order valence-corrected chi connectivity index (χ0v) is 16.9. The molecule has 27 heavy (non-hydrogen) atoms. The molecular formula is C21H26N3O2S+. The van der Waals surface area contributed by atoms with E-state index in [1.54, 1.807) is 18.4 Å². The highest BCUT2D eigenvalue weighted by Gasteiger charge is 2.25. The third-order valence-corrected chi connectivity index (χ3v) is 6.17. The fraction of sp³-hybridized carbons (Fsp3) is 0.429. The Morgan fingerprint density at radius 3 is 2.81 bits per heavy atom. The first-order chi connectivity index (χ1) is 13.0. The number of nitrogens with zero attached hydrogens (tertiary/aromatic N) is 1. The van der Waals surface area contributed by atoms with E-state index in [0.29, 0.717) is 18.0 Å². The van der Waals surface area contributed by atoms with Gasteiger partial charge in [-0.2, -0.15) is 5.26 Å². The summed E-state index contributed by atoms with van der Waals surface area (Å²) in [7, 11) is 3.64. The molecule has 6 heteroatoms. The van der Waals surface area contributed by atoms with Crippen LogP contribution in [0.1, 0.15) is 34.9 Å². The topological polar surface area (TPSA) is 66.6 Å². The maximum absolute atomic E-state index is 12.5. The molecule has 2 aromatic rings. The summed E-state index contributed by atoms with van der Waals surface area (Å²) in [6.45, 7) is 3.35. The predicted molar refractivity (Wildman–Crippen MR) is 107 cm³/mol. The number of ether oxygens (including phenoxy) is 1. The number of nitrogens with one attached hydrogen (secondary N) is 2. The highest BCUT2D eigenvalue weighted by atomic mass is 32.1. The first kappa shape index (κ1) is 19.4. The summed E-state index contributed by atoms with van der Waals surface area (Å²) in [4.78, 5) is 14.9. The van der Waals surface area contributed by atoms with Gasteiger partial charge in [0.2, 0.25) is 0 Å². The number of anilines is 1. The largest absolute Gasteiger partial charge is 0.497 e. The lowest BCUT2D eigenvalue weighted by atomic mass is 9.89. The van der Waals surface area contributed by atoms with Crippen LogP contribution in [0.2, 0.25) is 0 Å². The van der Waals surface area contributed by atoms with Crippen molar-refractivity contribution in [3.05, 3.63) is 45.8 Å². The van der Waals surface area contributed by atoms with Crippen LogP contribution in [0.25, 0.3) is 0 Å². The van der Waals surface area contributed by atoms with Crippen LogP contribution in [0.15, 0.2) is 24.3 Å². The lowest BCUT2D eigenvalue weighted by Gasteiger charge is -2.17. The van der Waals surface area contributed by atoms with Crippen molar-refractivity contribution in [2.45, 2.75) is 32.7 Å². The van der Waals surface area contributed by atoms with E-state index in [0.717, 1.165) is 52.6 Å². The number of amides is 1. The Bertz CT molecular complexity index is 852. The molecule has 0 radical (unpaired) electrons. The van der Waals surface area contributed by atoms with Crippen LogP contribution in [0.5, 0.6) is 5.75 Å². The molecule has 142 valence electrons. The number of methoxy groups -OCH3 is 1. The van der Waals surface area contributed by atoms with E-state index in [1.807, 2.05) is 31.3 Å². The Kier molecular flexibility index (Phi) is 6.15. The molecule has 1 heterocycles. The van der Waals surface area contributed by atoms with Crippen LogP contribution in [-0.2, 0) is 24.2 Å². The average Bonchev–Trinajstić information content (AvgIpc) is 2.97. The Hall–Kier alpha value is -2.36. The van der Waals surface area contributed by atoms with Gasteiger partial charge in [0, 0.05) is 10.4 Å². The molecule has 3 rings (SSSR count). The molecule has 0 aliphatic heterocycles. The molecular weight excluding hydrogens is 358 g/mol. The Morgan fingerprint density at radius 1 is 1.41 bits per heavy atom. The van der Waals surface area contributed by atoms with E-state index >= 15 is 0 Å². The minimum atomic E-state index is -0.0517. The Labute approximate surface area is 164 Å². The average molecular weight is 385 g/mol. The minimum absolute atomic E-state index is 0.0517. The third kappa shape index (κ3) is 4.68. The van der Waals surface area contributed by atoms with Gasteiger partial charge in [-0.05, 0) is 55.0 Å². The molecule has 1 aromatic carbocycles. The zero-order chi connectivity index (χ0) is 19.4. The first-order valence-electron chi connectivity index (χ1n) is 9.28. The zero-order valence-electron chi connectivity index (χ0n) is 16.1. The summed E-state index contributed by atoms with van der Waals surface area (Å²) in [5.74, 6) is 1.42.